The number of benzene rings is 1. The molecule has 1 aromatic carbocycles. The minimum absolute atomic E-state index is 0.250. The molecule has 1 aromatic heterocycles. The van der Waals surface area contributed by atoms with Crippen LogP contribution < -0.4 is 0 Å². The van der Waals surface area contributed by atoms with Gasteiger partial charge in [0.05, 0.1) is 4.47 Å². The summed E-state index contributed by atoms with van der Waals surface area (Å²) in [6, 6.07) is 0.870. The highest BCUT2D eigenvalue weighted by atomic mass is 127. The van der Waals surface area contributed by atoms with Gasteiger partial charge in [0.15, 0.2) is 0 Å². The maximum Gasteiger partial charge on any atom is 0.141 e. The number of hydrogen-bond acceptors (Lipinski definition) is 1. The molecular weight excluding hydrogens is 367 g/mol. The van der Waals surface area contributed by atoms with E-state index < -0.39 is 11.6 Å². The number of aromatic nitrogens is 1. The molecule has 0 atom stereocenters. The van der Waals surface area contributed by atoms with E-state index in [2.05, 4.69) is 20.9 Å². The lowest BCUT2D eigenvalue weighted by atomic mass is 10.1. The van der Waals surface area contributed by atoms with E-state index in [-0.39, 0.29) is 4.47 Å². The van der Waals surface area contributed by atoms with E-state index in [1.165, 1.54) is 12.4 Å². The second kappa shape index (κ2) is 3.69. The average molecular weight is 370 g/mol. The van der Waals surface area contributed by atoms with Crippen LogP contribution in [0.4, 0.5) is 8.78 Å². The minimum atomic E-state index is -0.612. The topological polar surface area (TPSA) is 12.9 Å². The number of pyridine rings is 1. The summed E-state index contributed by atoms with van der Waals surface area (Å²) in [5.41, 5.74) is 0. The van der Waals surface area contributed by atoms with Crippen LogP contribution in [0.15, 0.2) is 22.9 Å². The lowest BCUT2D eigenvalue weighted by Crippen LogP contribution is -1.90. The highest BCUT2D eigenvalue weighted by Crippen LogP contribution is 2.30. The Labute approximate surface area is 101 Å². The minimum Gasteiger partial charge on any atom is -0.263 e. The van der Waals surface area contributed by atoms with Crippen LogP contribution in [-0.2, 0) is 0 Å². The van der Waals surface area contributed by atoms with Crippen LogP contribution in [0, 0.1) is 15.2 Å². The molecule has 1 heterocycles. The molecule has 0 aliphatic carbocycles. The fourth-order valence-electron chi connectivity index (χ4n) is 1.22. The van der Waals surface area contributed by atoms with E-state index in [4.69, 9.17) is 0 Å². The Morgan fingerprint density at radius 2 is 1.93 bits per heavy atom. The highest BCUT2D eigenvalue weighted by molar-refractivity contribution is 14.1. The van der Waals surface area contributed by atoms with Crippen molar-refractivity contribution in [3.05, 3.63) is 38.1 Å². The van der Waals surface area contributed by atoms with Gasteiger partial charge in [-0.25, -0.2) is 8.78 Å². The molecule has 72 valence electrons. The number of nitrogens with zero attached hydrogens (tertiary/aromatic N) is 1. The number of fused-ring (bicyclic) bond motifs is 1. The SMILES string of the molecule is Fc1cc(F)c2c(I)cncc2c1Br. The van der Waals surface area contributed by atoms with Gasteiger partial charge in [0, 0.05) is 32.8 Å². The number of halogens is 4. The van der Waals surface area contributed by atoms with Crippen LogP contribution in [-0.4, -0.2) is 4.98 Å². The Kier molecular flexibility index (Phi) is 2.70. The van der Waals surface area contributed by atoms with Gasteiger partial charge in [0.2, 0.25) is 0 Å². The molecule has 2 aromatic rings. The van der Waals surface area contributed by atoms with Gasteiger partial charge in [0.1, 0.15) is 11.6 Å². The summed E-state index contributed by atoms with van der Waals surface area (Å²) in [5, 5.41) is 0.850. The van der Waals surface area contributed by atoms with Gasteiger partial charge in [-0.15, -0.1) is 0 Å². The summed E-state index contributed by atoms with van der Waals surface area (Å²) in [6.07, 6.45) is 2.98. The predicted molar refractivity (Wildman–Crippen MR) is 62.1 cm³/mol. The summed E-state index contributed by atoms with van der Waals surface area (Å²) >= 11 is 5.03. The normalized spacial score (nSPS) is 10.9. The molecule has 14 heavy (non-hydrogen) atoms. The maximum absolute atomic E-state index is 13.4. The molecule has 2 rings (SSSR count). The van der Waals surface area contributed by atoms with Gasteiger partial charge in [-0.2, -0.15) is 0 Å². The standard InChI is InChI=1S/C9H3BrF2IN/c10-9-4-2-14-3-7(13)8(4)5(11)1-6(9)12/h1-3H. The lowest BCUT2D eigenvalue weighted by molar-refractivity contribution is 0.587. The predicted octanol–water partition coefficient (Wildman–Crippen LogP) is 3.88. The first-order chi connectivity index (χ1) is 6.61. The quantitative estimate of drug-likeness (QED) is 0.507. The first-order valence-corrected chi connectivity index (χ1v) is 5.55. The average Bonchev–Trinajstić information content (AvgIpc) is 2.14. The summed E-state index contributed by atoms with van der Waals surface area (Å²) in [4.78, 5) is 3.88. The number of rotatable bonds is 0. The molecule has 0 bridgehead atoms. The fraction of sp³-hybridized carbons (Fsp3) is 0. The summed E-state index contributed by atoms with van der Waals surface area (Å²) in [5.74, 6) is -1.17. The highest BCUT2D eigenvalue weighted by Gasteiger charge is 2.12. The zero-order chi connectivity index (χ0) is 10.3. The molecule has 0 radical (unpaired) electrons. The first-order valence-electron chi connectivity index (χ1n) is 3.68. The van der Waals surface area contributed by atoms with Crippen molar-refractivity contribution < 1.29 is 8.78 Å². The van der Waals surface area contributed by atoms with E-state index >= 15 is 0 Å². The van der Waals surface area contributed by atoms with Gasteiger partial charge in [-0.05, 0) is 38.5 Å². The molecule has 0 saturated heterocycles. The molecule has 0 fully saturated rings. The third-order valence-corrected chi connectivity index (χ3v) is 3.46. The summed E-state index contributed by atoms with van der Waals surface area (Å²) < 4.78 is 27.4. The zero-order valence-electron chi connectivity index (χ0n) is 6.69. The molecule has 1 nitrogen and oxygen atoms in total. The third kappa shape index (κ3) is 1.52. The summed E-state index contributed by atoms with van der Waals surface area (Å²) in [6.45, 7) is 0. The van der Waals surface area contributed by atoms with E-state index in [1.54, 1.807) is 0 Å². The van der Waals surface area contributed by atoms with Crippen LogP contribution in [0.2, 0.25) is 0 Å². The Morgan fingerprint density at radius 3 is 2.64 bits per heavy atom. The van der Waals surface area contributed by atoms with Crippen molar-refractivity contribution in [3.8, 4) is 0 Å². The molecule has 0 aliphatic rings. The summed E-state index contributed by atoms with van der Waals surface area (Å²) in [7, 11) is 0. The van der Waals surface area contributed by atoms with Crippen LogP contribution in [0.3, 0.4) is 0 Å². The van der Waals surface area contributed by atoms with Crippen molar-refractivity contribution in [2.45, 2.75) is 0 Å². The van der Waals surface area contributed by atoms with Crippen molar-refractivity contribution in [3.63, 3.8) is 0 Å². The molecule has 0 N–H and O–H groups in total. The second-order valence-corrected chi connectivity index (χ2v) is 4.65. The van der Waals surface area contributed by atoms with Crippen molar-refractivity contribution in [2.75, 3.05) is 0 Å². The van der Waals surface area contributed by atoms with Gasteiger partial charge in [-0.3, -0.25) is 4.98 Å². The van der Waals surface area contributed by atoms with E-state index in [9.17, 15) is 8.78 Å². The Bertz CT molecular complexity index is 516. The van der Waals surface area contributed by atoms with Crippen LogP contribution in [0.25, 0.3) is 10.8 Å². The third-order valence-electron chi connectivity index (χ3n) is 1.84. The van der Waals surface area contributed by atoms with Crippen molar-refractivity contribution >= 4 is 49.3 Å². The molecule has 0 aliphatic heterocycles. The largest absolute Gasteiger partial charge is 0.263 e. The fourth-order valence-corrected chi connectivity index (χ4v) is 2.34. The van der Waals surface area contributed by atoms with E-state index in [0.29, 0.717) is 14.3 Å². The Hall–Kier alpha value is -0.300. The van der Waals surface area contributed by atoms with Crippen molar-refractivity contribution in [1.29, 1.82) is 0 Å². The smallest absolute Gasteiger partial charge is 0.141 e. The zero-order valence-corrected chi connectivity index (χ0v) is 10.4. The molecule has 0 amide bonds. The second-order valence-electron chi connectivity index (χ2n) is 2.70. The Balaban J connectivity index is 3.02. The van der Waals surface area contributed by atoms with Gasteiger partial charge in [0.25, 0.3) is 0 Å². The lowest BCUT2D eigenvalue weighted by Gasteiger charge is -2.04. The van der Waals surface area contributed by atoms with Crippen LogP contribution >= 0.6 is 38.5 Å². The van der Waals surface area contributed by atoms with Gasteiger partial charge < -0.3 is 0 Å². The maximum atomic E-state index is 13.4. The monoisotopic (exact) mass is 369 g/mol. The molecule has 0 unspecified atom stereocenters. The van der Waals surface area contributed by atoms with Crippen molar-refractivity contribution in [1.82, 2.24) is 4.98 Å². The molecule has 5 heteroatoms. The van der Waals surface area contributed by atoms with Gasteiger partial charge >= 0.3 is 0 Å². The molecular formula is C9H3BrF2IN. The number of hydrogen-bond donors (Lipinski definition) is 0. The van der Waals surface area contributed by atoms with Crippen LogP contribution in [0.5, 0.6) is 0 Å². The molecule has 0 spiro atoms. The van der Waals surface area contributed by atoms with Crippen molar-refractivity contribution in [2.24, 2.45) is 0 Å². The van der Waals surface area contributed by atoms with E-state index in [0.717, 1.165) is 6.07 Å². The van der Waals surface area contributed by atoms with E-state index in [1.807, 2.05) is 22.6 Å². The van der Waals surface area contributed by atoms with Gasteiger partial charge in [-0.1, -0.05) is 0 Å². The first kappa shape index (κ1) is 10.2. The Morgan fingerprint density at radius 1 is 1.21 bits per heavy atom. The molecule has 0 saturated carbocycles. The van der Waals surface area contributed by atoms with Crippen LogP contribution in [0.1, 0.15) is 0 Å².